The number of amides is 1. The number of hydrogen-bond acceptors (Lipinski definition) is 4. The summed E-state index contributed by atoms with van der Waals surface area (Å²) in [6, 6.07) is 13.8. The van der Waals surface area contributed by atoms with Crippen molar-refractivity contribution in [2.45, 2.75) is 31.2 Å². The van der Waals surface area contributed by atoms with Gasteiger partial charge in [0, 0.05) is 7.05 Å². The van der Waals surface area contributed by atoms with Gasteiger partial charge in [-0.15, -0.1) is 0 Å². The van der Waals surface area contributed by atoms with Gasteiger partial charge in [0.15, 0.2) is 0 Å². The van der Waals surface area contributed by atoms with E-state index in [1.54, 1.807) is 31.4 Å². The van der Waals surface area contributed by atoms with Crippen LogP contribution in [0, 0.1) is 6.92 Å². The average molecular weight is 391 g/mol. The van der Waals surface area contributed by atoms with E-state index in [9.17, 15) is 13.2 Å². The number of methoxy groups -OCH3 is 1. The molecular formula is C20H26N2O4S. The molecule has 0 radical (unpaired) electrons. The summed E-state index contributed by atoms with van der Waals surface area (Å²) in [7, 11) is -0.709. The van der Waals surface area contributed by atoms with Gasteiger partial charge < -0.3 is 10.1 Å². The fraction of sp³-hybridized carbons (Fsp3) is 0.350. The molecule has 27 heavy (non-hydrogen) atoms. The maximum atomic E-state index is 12.6. The van der Waals surface area contributed by atoms with Crippen LogP contribution >= 0.6 is 0 Å². The van der Waals surface area contributed by atoms with Crippen LogP contribution in [0.1, 0.15) is 30.5 Å². The number of rotatable bonds is 8. The Kier molecular flexibility index (Phi) is 6.98. The van der Waals surface area contributed by atoms with Crippen LogP contribution in [0.2, 0.25) is 0 Å². The SMILES string of the molecule is CC[C@H](NC(=O)CN(C)S(=O)(=O)c1ccc(C)cc1)c1ccc(OC)cc1. The van der Waals surface area contributed by atoms with Gasteiger partial charge in [0.25, 0.3) is 0 Å². The number of carbonyl (C=O) groups is 1. The normalized spacial score (nSPS) is 12.6. The van der Waals surface area contributed by atoms with Crippen molar-refractivity contribution < 1.29 is 17.9 Å². The van der Waals surface area contributed by atoms with Crippen LogP contribution in [0.3, 0.4) is 0 Å². The molecule has 1 amide bonds. The molecule has 0 spiro atoms. The Balaban J connectivity index is 2.04. The molecule has 1 N–H and O–H groups in total. The van der Waals surface area contributed by atoms with Gasteiger partial charge in [-0.2, -0.15) is 4.31 Å². The minimum atomic E-state index is -3.71. The Bertz CT molecular complexity index is 862. The van der Waals surface area contributed by atoms with E-state index >= 15 is 0 Å². The van der Waals surface area contributed by atoms with E-state index in [1.807, 2.05) is 38.1 Å². The first-order valence-corrected chi connectivity index (χ1v) is 10.2. The molecule has 1 atom stereocenters. The molecule has 0 aromatic heterocycles. The molecule has 7 heteroatoms. The summed E-state index contributed by atoms with van der Waals surface area (Å²) in [6.45, 7) is 3.60. The Morgan fingerprint density at radius 3 is 2.22 bits per heavy atom. The summed E-state index contributed by atoms with van der Waals surface area (Å²) in [4.78, 5) is 12.6. The zero-order valence-electron chi connectivity index (χ0n) is 16.1. The third-order valence-electron chi connectivity index (χ3n) is 4.36. The van der Waals surface area contributed by atoms with Crippen LogP contribution in [-0.4, -0.2) is 39.3 Å². The van der Waals surface area contributed by atoms with Crippen LogP contribution in [0.4, 0.5) is 0 Å². The van der Waals surface area contributed by atoms with E-state index in [-0.39, 0.29) is 23.4 Å². The fourth-order valence-electron chi connectivity index (χ4n) is 2.67. The highest BCUT2D eigenvalue weighted by Gasteiger charge is 2.24. The van der Waals surface area contributed by atoms with Gasteiger partial charge in [-0.3, -0.25) is 4.79 Å². The summed E-state index contributed by atoms with van der Waals surface area (Å²) in [5.74, 6) is 0.389. The average Bonchev–Trinajstić information content (AvgIpc) is 2.66. The third kappa shape index (κ3) is 5.30. The zero-order valence-corrected chi connectivity index (χ0v) is 16.9. The quantitative estimate of drug-likeness (QED) is 0.752. The van der Waals surface area contributed by atoms with Crippen LogP contribution in [0.15, 0.2) is 53.4 Å². The second kappa shape index (κ2) is 9.01. The van der Waals surface area contributed by atoms with E-state index in [1.165, 1.54) is 7.05 Å². The summed E-state index contributed by atoms with van der Waals surface area (Å²) < 4.78 is 31.4. The predicted molar refractivity (Wildman–Crippen MR) is 105 cm³/mol. The Labute approximate surface area is 161 Å². The molecule has 0 heterocycles. The number of hydrogen-bond donors (Lipinski definition) is 1. The van der Waals surface area contributed by atoms with Crippen LogP contribution in [0.5, 0.6) is 5.75 Å². The lowest BCUT2D eigenvalue weighted by molar-refractivity contribution is -0.121. The number of aryl methyl sites for hydroxylation is 1. The maximum absolute atomic E-state index is 12.6. The minimum Gasteiger partial charge on any atom is -0.497 e. The number of nitrogens with zero attached hydrogens (tertiary/aromatic N) is 1. The van der Waals surface area contributed by atoms with Crippen molar-refractivity contribution in [1.82, 2.24) is 9.62 Å². The molecule has 0 unspecified atom stereocenters. The van der Waals surface area contributed by atoms with Crippen molar-refractivity contribution in [2.75, 3.05) is 20.7 Å². The summed E-state index contributed by atoms with van der Waals surface area (Å²) in [6.07, 6.45) is 0.687. The molecule has 146 valence electrons. The molecule has 0 fully saturated rings. The van der Waals surface area contributed by atoms with Gasteiger partial charge >= 0.3 is 0 Å². The first kappa shape index (κ1) is 20.9. The van der Waals surface area contributed by atoms with Crippen LogP contribution in [0.25, 0.3) is 0 Å². The van der Waals surface area contributed by atoms with Crippen molar-refractivity contribution in [2.24, 2.45) is 0 Å². The molecule has 0 aliphatic carbocycles. The zero-order chi connectivity index (χ0) is 20.0. The number of benzene rings is 2. The van der Waals surface area contributed by atoms with Crippen molar-refractivity contribution in [1.29, 1.82) is 0 Å². The number of likely N-dealkylation sites (N-methyl/N-ethyl adjacent to an activating group) is 1. The highest BCUT2D eigenvalue weighted by molar-refractivity contribution is 7.89. The van der Waals surface area contributed by atoms with Crippen molar-refractivity contribution >= 4 is 15.9 Å². The summed E-state index contributed by atoms with van der Waals surface area (Å²) in [5, 5.41) is 2.90. The number of ether oxygens (including phenoxy) is 1. The molecule has 2 rings (SSSR count). The standard InChI is InChI=1S/C20H26N2O4S/c1-5-19(16-8-10-17(26-4)11-9-16)21-20(23)14-22(3)27(24,25)18-12-6-15(2)7-13-18/h6-13,19H,5,14H2,1-4H3,(H,21,23)/t19-/m0/s1. The van der Waals surface area contributed by atoms with Crippen molar-refractivity contribution in [3.63, 3.8) is 0 Å². The minimum absolute atomic E-state index is 0.172. The Morgan fingerprint density at radius 1 is 1.11 bits per heavy atom. The first-order valence-electron chi connectivity index (χ1n) is 8.74. The second-order valence-electron chi connectivity index (χ2n) is 6.38. The summed E-state index contributed by atoms with van der Waals surface area (Å²) in [5.41, 5.74) is 1.91. The lowest BCUT2D eigenvalue weighted by Crippen LogP contribution is -2.39. The van der Waals surface area contributed by atoms with Crippen molar-refractivity contribution in [3.8, 4) is 5.75 Å². The lowest BCUT2D eigenvalue weighted by atomic mass is 10.0. The molecular weight excluding hydrogens is 364 g/mol. The van der Waals surface area contributed by atoms with Gasteiger partial charge in [-0.05, 0) is 43.2 Å². The second-order valence-corrected chi connectivity index (χ2v) is 8.42. The van der Waals surface area contributed by atoms with E-state index in [2.05, 4.69) is 5.32 Å². The molecule has 6 nitrogen and oxygen atoms in total. The molecule has 0 bridgehead atoms. The molecule has 2 aromatic rings. The molecule has 0 saturated carbocycles. The van der Waals surface area contributed by atoms with Crippen molar-refractivity contribution in [3.05, 3.63) is 59.7 Å². The number of nitrogens with one attached hydrogen (secondary N) is 1. The third-order valence-corrected chi connectivity index (χ3v) is 6.17. The highest BCUT2D eigenvalue weighted by atomic mass is 32.2. The van der Waals surface area contributed by atoms with Gasteiger partial charge in [0.2, 0.25) is 15.9 Å². The fourth-order valence-corrected chi connectivity index (χ4v) is 3.80. The van der Waals surface area contributed by atoms with E-state index in [0.717, 1.165) is 21.2 Å². The Morgan fingerprint density at radius 2 is 1.70 bits per heavy atom. The largest absolute Gasteiger partial charge is 0.497 e. The first-order chi connectivity index (χ1) is 12.8. The van der Waals surface area contributed by atoms with Gasteiger partial charge in [0.05, 0.1) is 24.6 Å². The molecule has 0 aliphatic rings. The van der Waals surface area contributed by atoms with Gasteiger partial charge in [-0.1, -0.05) is 36.8 Å². The maximum Gasteiger partial charge on any atom is 0.243 e. The number of carbonyl (C=O) groups excluding carboxylic acids is 1. The summed E-state index contributed by atoms with van der Waals surface area (Å²) >= 11 is 0. The topological polar surface area (TPSA) is 75.7 Å². The van der Waals surface area contributed by atoms with Gasteiger partial charge in [-0.25, -0.2) is 8.42 Å². The molecule has 0 saturated heterocycles. The van der Waals surface area contributed by atoms with Crippen LogP contribution < -0.4 is 10.1 Å². The van der Waals surface area contributed by atoms with Crippen LogP contribution in [-0.2, 0) is 14.8 Å². The lowest BCUT2D eigenvalue weighted by Gasteiger charge is -2.21. The molecule has 0 aliphatic heterocycles. The monoisotopic (exact) mass is 390 g/mol. The van der Waals surface area contributed by atoms with Gasteiger partial charge in [0.1, 0.15) is 5.75 Å². The Hall–Kier alpha value is -2.38. The van der Waals surface area contributed by atoms with E-state index in [4.69, 9.17) is 4.74 Å². The molecule has 2 aromatic carbocycles. The van der Waals surface area contributed by atoms with E-state index in [0.29, 0.717) is 6.42 Å². The smallest absolute Gasteiger partial charge is 0.243 e. The predicted octanol–water partition coefficient (Wildman–Crippen LogP) is 2.89. The number of sulfonamides is 1. The highest BCUT2D eigenvalue weighted by Crippen LogP contribution is 2.20. The van der Waals surface area contributed by atoms with E-state index < -0.39 is 10.0 Å².